The zero-order chi connectivity index (χ0) is 15.8. The highest BCUT2D eigenvalue weighted by atomic mass is 79.9. The number of fused-ring (bicyclic) bond motifs is 1. The van der Waals surface area contributed by atoms with Crippen LogP contribution in [0.5, 0.6) is 5.75 Å². The molecule has 0 saturated heterocycles. The zero-order valence-corrected chi connectivity index (χ0v) is 13.9. The second kappa shape index (κ2) is 5.59. The van der Waals surface area contributed by atoms with Gasteiger partial charge in [-0.05, 0) is 58.4 Å². The van der Waals surface area contributed by atoms with Crippen molar-refractivity contribution in [1.82, 2.24) is 9.55 Å². The summed E-state index contributed by atoms with van der Waals surface area (Å²) < 4.78 is 14.1. The van der Waals surface area contributed by atoms with Crippen LogP contribution in [-0.2, 0) is 0 Å². The quantitative estimate of drug-likeness (QED) is 0.507. The Morgan fingerprint density at radius 1 is 1.09 bits per heavy atom. The second-order valence-corrected chi connectivity index (χ2v) is 5.97. The number of hydrogen-bond acceptors (Lipinski definition) is 3. The van der Waals surface area contributed by atoms with E-state index in [0.29, 0.717) is 5.89 Å². The highest BCUT2D eigenvalue weighted by Gasteiger charge is 2.11. The molecule has 0 bridgehead atoms. The Balaban J connectivity index is 1.78. The Hall–Kier alpha value is -2.53. The van der Waals surface area contributed by atoms with Crippen LogP contribution >= 0.6 is 15.9 Å². The van der Waals surface area contributed by atoms with Gasteiger partial charge in [-0.1, -0.05) is 0 Å². The molecule has 5 heteroatoms. The normalized spacial score (nSPS) is 11.0. The molecular weight excluding hydrogens is 356 g/mol. The molecule has 0 atom stereocenters. The molecule has 0 aliphatic rings. The van der Waals surface area contributed by atoms with E-state index in [0.717, 1.165) is 32.6 Å². The minimum atomic E-state index is 0.591. The molecule has 0 spiro atoms. The van der Waals surface area contributed by atoms with Crippen molar-refractivity contribution in [3.63, 3.8) is 0 Å². The van der Waals surface area contributed by atoms with Gasteiger partial charge in [0, 0.05) is 29.7 Å². The van der Waals surface area contributed by atoms with E-state index in [-0.39, 0.29) is 0 Å². The monoisotopic (exact) mass is 368 g/mol. The number of aromatic nitrogens is 2. The van der Waals surface area contributed by atoms with Gasteiger partial charge in [-0.15, -0.1) is 0 Å². The fourth-order valence-corrected chi connectivity index (χ4v) is 3.04. The van der Waals surface area contributed by atoms with E-state index in [1.54, 1.807) is 7.11 Å². The van der Waals surface area contributed by atoms with Crippen LogP contribution in [-0.4, -0.2) is 16.7 Å². The molecule has 2 aromatic carbocycles. The highest BCUT2D eigenvalue weighted by molar-refractivity contribution is 9.10. The lowest BCUT2D eigenvalue weighted by Crippen LogP contribution is -1.87. The molecule has 0 aliphatic heterocycles. The third-order valence-electron chi connectivity index (χ3n) is 3.67. The highest BCUT2D eigenvalue weighted by Crippen LogP contribution is 2.32. The first kappa shape index (κ1) is 14.1. The average Bonchev–Trinajstić information content (AvgIpc) is 3.23. The number of hydrogen-bond donors (Lipinski definition) is 0. The SMILES string of the molecule is COc1ccc(-c2nc3ccc(-n4cccc4)cc3o2)cc1Br. The molecule has 4 nitrogen and oxygen atoms in total. The number of rotatable bonds is 3. The van der Waals surface area contributed by atoms with Crippen molar-refractivity contribution in [2.45, 2.75) is 0 Å². The molecule has 0 amide bonds. The van der Waals surface area contributed by atoms with Crippen LogP contribution in [0.25, 0.3) is 28.2 Å². The van der Waals surface area contributed by atoms with Crippen LogP contribution in [0.2, 0.25) is 0 Å². The van der Waals surface area contributed by atoms with Gasteiger partial charge in [0.25, 0.3) is 0 Å². The standard InChI is InChI=1S/C18H13BrN2O2/c1-22-16-7-4-12(10-14(16)19)18-20-15-6-5-13(11-17(15)23-18)21-8-2-3-9-21/h2-11H,1H3. The molecule has 2 heterocycles. The van der Waals surface area contributed by atoms with E-state index in [4.69, 9.17) is 9.15 Å². The molecule has 0 saturated carbocycles. The second-order valence-electron chi connectivity index (χ2n) is 5.11. The summed E-state index contributed by atoms with van der Waals surface area (Å²) in [5.74, 6) is 1.37. The lowest BCUT2D eigenvalue weighted by atomic mass is 10.2. The summed E-state index contributed by atoms with van der Waals surface area (Å²) in [5, 5.41) is 0. The summed E-state index contributed by atoms with van der Waals surface area (Å²) in [7, 11) is 1.64. The van der Waals surface area contributed by atoms with Crippen molar-refractivity contribution >= 4 is 27.0 Å². The summed E-state index contributed by atoms with van der Waals surface area (Å²) in [6, 6.07) is 15.7. The van der Waals surface area contributed by atoms with Crippen molar-refractivity contribution in [1.29, 1.82) is 0 Å². The summed E-state index contributed by atoms with van der Waals surface area (Å²) in [6.07, 6.45) is 4.00. The van der Waals surface area contributed by atoms with Crippen molar-refractivity contribution < 1.29 is 9.15 Å². The maximum Gasteiger partial charge on any atom is 0.227 e. The van der Waals surface area contributed by atoms with Gasteiger partial charge in [-0.3, -0.25) is 0 Å². The molecule has 2 aromatic heterocycles. The minimum absolute atomic E-state index is 0.591. The lowest BCUT2D eigenvalue weighted by molar-refractivity contribution is 0.412. The maximum atomic E-state index is 5.94. The van der Waals surface area contributed by atoms with Crippen LogP contribution < -0.4 is 4.74 Å². The van der Waals surface area contributed by atoms with E-state index in [1.165, 1.54) is 0 Å². The predicted octanol–water partition coefficient (Wildman–Crippen LogP) is 5.06. The van der Waals surface area contributed by atoms with Crippen LogP contribution in [0.15, 0.2) is 69.8 Å². The fourth-order valence-electron chi connectivity index (χ4n) is 2.50. The molecule has 114 valence electrons. The minimum Gasteiger partial charge on any atom is -0.496 e. The topological polar surface area (TPSA) is 40.2 Å². The van der Waals surface area contributed by atoms with E-state index in [1.807, 2.05) is 65.5 Å². The summed E-state index contributed by atoms with van der Waals surface area (Å²) in [6.45, 7) is 0. The van der Waals surface area contributed by atoms with E-state index in [2.05, 4.69) is 20.9 Å². The zero-order valence-electron chi connectivity index (χ0n) is 12.4. The van der Waals surface area contributed by atoms with Gasteiger partial charge in [-0.25, -0.2) is 4.98 Å². The van der Waals surface area contributed by atoms with E-state index < -0.39 is 0 Å². The van der Waals surface area contributed by atoms with Crippen LogP contribution in [0.3, 0.4) is 0 Å². The summed E-state index contributed by atoms with van der Waals surface area (Å²) >= 11 is 3.49. The Bertz CT molecular complexity index is 974. The average molecular weight is 369 g/mol. The number of oxazole rings is 1. The predicted molar refractivity (Wildman–Crippen MR) is 93.0 cm³/mol. The largest absolute Gasteiger partial charge is 0.496 e. The van der Waals surface area contributed by atoms with Crippen molar-refractivity contribution in [3.8, 4) is 22.9 Å². The molecular formula is C18H13BrN2O2. The van der Waals surface area contributed by atoms with Crippen molar-refractivity contribution in [2.75, 3.05) is 7.11 Å². The third kappa shape index (κ3) is 2.53. The van der Waals surface area contributed by atoms with Gasteiger partial charge in [0.05, 0.1) is 11.6 Å². The first-order chi connectivity index (χ1) is 11.2. The first-order valence-corrected chi connectivity index (χ1v) is 7.92. The molecule has 0 fully saturated rings. The number of halogens is 1. The first-order valence-electron chi connectivity index (χ1n) is 7.12. The van der Waals surface area contributed by atoms with Crippen LogP contribution in [0.1, 0.15) is 0 Å². The van der Waals surface area contributed by atoms with Gasteiger partial charge in [0.1, 0.15) is 11.3 Å². The number of nitrogens with zero attached hydrogens (tertiary/aromatic N) is 2. The van der Waals surface area contributed by atoms with Crippen molar-refractivity contribution in [2.24, 2.45) is 0 Å². The number of ether oxygens (including phenoxy) is 1. The van der Waals surface area contributed by atoms with Gasteiger partial charge in [0.15, 0.2) is 5.58 Å². The number of benzene rings is 2. The molecule has 0 N–H and O–H groups in total. The lowest BCUT2D eigenvalue weighted by Gasteiger charge is -2.03. The molecule has 0 unspecified atom stereocenters. The summed E-state index contributed by atoms with van der Waals surface area (Å²) in [4.78, 5) is 4.56. The Labute approximate surface area is 141 Å². The smallest absolute Gasteiger partial charge is 0.227 e. The molecule has 0 radical (unpaired) electrons. The van der Waals surface area contributed by atoms with Crippen LogP contribution in [0, 0.1) is 0 Å². The number of methoxy groups -OCH3 is 1. The summed E-state index contributed by atoms with van der Waals surface area (Å²) in [5.41, 5.74) is 3.54. The maximum absolute atomic E-state index is 5.94. The van der Waals surface area contributed by atoms with Gasteiger partial charge in [-0.2, -0.15) is 0 Å². The third-order valence-corrected chi connectivity index (χ3v) is 4.29. The van der Waals surface area contributed by atoms with Crippen LogP contribution in [0.4, 0.5) is 0 Å². The van der Waals surface area contributed by atoms with Gasteiger partial charge < -0.3 is 13.7 Å². The Kier molecular flexibility index (Phi) is 3.42. The molecule has 4 aromatic rings. The Morgan fingerprint density at radius 3 is 2.65 bits per heavy atom. The molecule has 0 aliphatic carbocycles. The van der Waals surface area contributed by atoms with E-state index >= 15 is 0 Å². The van der Waals surface area contributed by atoms with Crippen molar-refractivity contribution in [3.05, 3.63) is 65.4 Å². The van der Waals surface area contributed by atoms with Gasteiger partial charge >= 0.3 is 0 Å². The fraction of sp³-hybridized carbons (Fsp3) is 0.0556. The molecule has 4 rings (SSSR count). The van der Waals surface area contributed by atoms with E-state index in [9.17, 15) is 0 Å². The Morgan fingerprint density at radius 2 is 1.91 bits per heavy atom. The molecule has 23 heavy (non-hydrogen) atoms. The van der Waals surface area contributed by atoms with Gasteiger partial charge in [0.2, 0.25) is 5.89 Å².